The van der Waals surface area contributed by atoms with Gasteiger partial charge in [0.25, 0.3) is 5.91 Å². The van der Waals surface area contributed by atoms with Crippen LogP contribution in [0.5, 0.6) is 5.75 Å². The Balaban J connectivity index is 1.63. The first kappa shape index (κ1) is 20.7. The third-order valence-electron chi connectivity index (χ3n) is 4.82. The lowest BCUT2D eigenvalue weighted by Gasteiger charge is -2.13. The molecule has 0 fully saturated rings. The van der Waals surface area contributed by atoms with Crippen molar-refractivity contribution in [1.82, 2.24) is 25.3 Å². The van der Waals surface area contributed by atoms with Gasteiger partial charge in [-0.2, -0.15) is 5.10 Å². The Hall–Kier alpha value is -3.52. The van der Waals surface area contributed by atoms with Crippen LogP contribution >= 0.6 is 11.6 Å². The highest BCUT2D eigenvalue weighted by Gasteiger charge is 2.16. The molecule has 4 rings (SSSR count). The number of aromatic nitrogens is 4. The van der Waals surface area contributed by atoms with Crippen LogP contribution in [0.25, 0.3) is 16.6 Å². The van der Waals surface area contributed by atoms with Crippen molar-refractivity contribution >= 4 is 39.9 Å². The Kier molecular flexibility index (Phi) is 5.56. The van der Waals surface area contributed by atoms with E-state index in [0.717, 1.165) is 27.8 Å². The summed E-state index contributed by atoms with van der Waals surface area (Å²) in [6.07, 6.45) is 3.59. The van der Waals surface area contributed by atoms with Gasteiger partial charge in [-0.1, -0.05) is 11.6 Å². The highest BCUT2D eigenvalue weighted by atomic mass is 35.5. The summed E-state index contributed by atoms with van der Waals surface area (Å²) in [5.41, 5.74) is 3.78. The molecule has 2 aromatic carbocycles. The van der Waals surface area contributed by atoms with Crippen molar-refractivity contribution in [3.63, 3.8) is 0 Å². The lowest BCUT2D eigenvalue weighted by atomic mass is 10.1. The van der Waals surface area contributed by atoms with Crippen LogP contribution in [0.3, 0.4) is 0 Å². The fourth-order valence-corrected chi connectivity index (χ4v) is 3.53. The fraction of sp³-hybridized carbons (Fsp3) is 0.227. The normalized spacial score (nSPS) is 11.2. The van der Waals surface area contributed by atoms with Gasteiger partial charge in [0.05, 0.1) is 40.8 Å². The predicted octanol–water partition coefficient (Wildman–Crippen LogP) is 4.60. The van der Waals surface area contributed by atoms with Gasteiger partial charge in [0.2, 0.25) is 0 Å². The standard InChI is InChI=1S/C22H23ClN6O2/c1-12(2)25-22(30)15-6-5-14(9-19(15)31-4)29-11-13(3)21(28-29)26-18-8-7-17-16(20(18)23)10-24-27-17/h5-12H,1-4H3,(H,24,27)(H,25,30)(H,26,28). The summed E-state index contributed by atoms with van der Waals surface area (Å²) in [5, 5.41) is 19.2. The average Bonchev–Trinajstić information content (AvgIpc) is 3.36. The highest BCUT2D eigenvalue weighted by molar-refractivity contribution is 6.38. The number of methoxy groups -OCH3 is 1. The number of carbonyl (C=O) groups is 1. The van der Waals surface area contributed by atoms with Crippen molar-refractivity contribution in [1.29, 1.82) is 0 Å². The number of benzene rings is 2. The number of fused-ring (bicyclic) bond motifs is 1. The number of amides is 1. The Morgan fingerprint density at radius 2 is 2.06 bits per heavy atom. The number of rotatable bonds is 6. The molecule has 8 nitrogen and oxygen atoms in total. The molecule has 0 aliphatic rings. The molecular formula is C22H23ClN6O2. The second kappa shape index (κ2) is 8.31. The molecule has 0 aliphatic carbocycles. The SMILES string of the molecule is COc1cc(-n2cc(C)c(Nc3ccc4[nH]ncc4c3Cl)n2)ccc1C(=O)NC(C)C. The van der Waals surface area contributed by atoms with Crippen LogP contribution in [-0.4, -0.2) is 39.0 Å². The molecule has 3 N–H and O–H groups in total. The van der Waals surface area contributed by atoms with Crippen LogP contribution in [0.15, 0.2) is 42.7 Å². The van der Waals surface area contributed by atoms with E-state index in [1.54, 1.807) is 30.1 Å². The van der Waals surface area contributed by atoms with Gasteiger partial charge in [-0.05, 0) is 45.0 Å². The van der Waals surface area contributed by atoms with Crippen molar-refractivity contribution in [3.05, 3.63) is 58.9 Å². The van der Waals surface area contributed by atoms with Crippen molar-refractivity contribution in [2.24, 2.45) is 0 Å². The number of ether oxygens (including phenoxy) is 1. The molecule has 0 saturated carbocycles. The van der Waals surface area contributed by atoms with Gasteiger partial charge < -0.3 is 15.4 Å². The Labute approximate surface area is 184 Å². The largest absolute Gasteiger partial charge is 0.496 e. The van der Waals surface area contributed by atoms with E-state index in [9.17, 15) is 4.79 Å². The molecule has 4 aromatic rings. The molecule has 0 spiro atoms. The summed E-state index contributed by atoms with van der Waals surface area (Å²) in [6.45, 7) is 5.78. The number of aryl methyl sites for hydroxylation is 1. The number of carbonyl (C=O) groups excluding carboxylic acids is 1. The van der Waals surface area contributed by atoms with E-state index in [0.29, 0.717) is 22.2 Å². The van der Waals surface area contributed by atoms with Crippen molar-refractivity contribution < 1.29 is 9.53 Å². The molecule has 0 unspecified atom stereocenters. The highest BCUT2D eigenvalue weighted by Crippen LogP contribution is 2.32. The predicted molar refractivity (Wildman–Crippen MR) is 122 cm³/mol. The number of nitrogens with zero attached hydrogens (tertiary/aromatic N) is 3. The van der Waals surface area contributed by atoms with E-state index in [1.165, 1.54) is 0 Å². The van der Waals surface area contributed by atoms with Gasteiger partial charge in [-0.3, -0.25) is 9.89 Å². The lowest BCUT2D eigenvalue weighted by molar-refractivity contribution is 0.0940. The molecule has 0 saturated heterocycles. The number of anilines is 2. The second-order valence-corrected chi connectivity index (χ2v) is 7.88. The maximum atomic E-state index is 12.4. The summed E-state index contributed by atoms with van der Waals surface area (Å²) in [7, 11) is 1.54. The minimum absolute atomic E-state index is 0.0346. The first-order valence-corrected chi connectivity index (χ1v) is 10.2. The van der Waals surface area contributed by atoms with Gasteiger partial charge in [0.15, 0.2) is 5.82 Å². The van der Waals surface area contributed by atoms with Gasteiger partial charge in [-0.15, -0.1) is 5.10 Å². The zero-order chi connectivity index (χ0) is 22.1. The van der Waals surface area contributed by atoms with Gasteiger partial charge in [0, 0.05) is 29.3 Å². The Morgan fingerprint density at radius 3 is 2.81 bits per heavy atom. The molecule has 0 aliphatic heterocycles. The third-order valence-corrected chi connectivity index (χ3v) is 5.23. The van der Waals surface area contributed by atoms with E-state index >= 15 is 0 Å². The monoisotopic (exact) mass is 438 g/mol. The van der Waals surface area contributed by atoms with E-state index < -0.39 is 0 Å². The van der Waals surface area contributed by atoms with Crippen molar-refractivity contribution in [2.75, 3.05) is 12.4 Å². The average molecular weight is 439 g/mol. The first-order valence-electron chi connectivity index (χ1n) is 9.81. The van der Waals surface area contributed by atoms with Crippen LogP contribution in [0.1, 0.15) is 29.8 Å². The molecule has 0 atom stereocenters. The molecule has 0 bridgehead atoms. The topological polar surface area (TPSA) is 96.9 Å². The molecule has 1 amide bonds. The number of hydrogen-bond acceptors (Lipinski definition) is 5. The van der Waals surface area contributed by atoms with Crippen molar-refractivity contribution in [2.45, 2.75) is 26.8 Å². The van der Waals surface area contributed by atoms with Gasteiger partial charge in [-0.25, -0.2) is 4.68 Å². The smallest absolute Gasteiger partial charge is 0.255 e. The van der Waals surface area contributed by atoms with Crippen molar-refractivity contribution in [3.8, 4) is 11.4 Å². The molecule has 2 aromatic heterocycles. The van der Waals surface area contributed by atoms with Crippen LogP contribution in [0, 0.1) is 6.92 Å². The number of halogens is 1. The van der Waals surface area contributed by atoms with E-state index in [-0.39, 0.29) is 11.9 Å². The fourth-order valence-electron chi connectivity index (χ4n) is 3.27. The van der Waals surface area contributed by atoms with Crippen LogP contribution in [-0.2, 0) is 0 Å². The minimum atomic E-state index is -0.179. The molecule has 160 valence electrons. The molecule has 31 heavy (non-hydrogen) atoms. The molecule has 0 radical (unpaired) electrons. The van der Waals surface area contributed by atoms with E-state index in [4.69, 9.17) is 16.3 Å². The molecule has 9 heteroatoms. The van der Waals surface area contributed by atoms with Crippen LogP contribution in [0.2, 0.25) is 5.02 Å². The lowest BCUT2D eigenvalue weighted by Crippen LogP contribution is -2.30. The first-order chi connectivity index (χ1) is 14.9. The summed E-state index contributed by atoms with van der Waals surface area (Å²) in [4.78, 5) is 12.4. The Bertz CT molecular complexity index is 1260. The maximum absolute atomic E-state index is 12.4. The summed E-state index contributed by atoms with van der Waals surface area (Å²) in [5.74, 6) is 0.971. The molecular weight excluding hydrogens is 416 g/mol. The second-order valence-electron chi connectivity index (χ2n) is 7.50. The third kappa shape index (κ3) is 4.06. The quantitative estimate of drug-likeness (QED) is 0.408. The number of H-pyrrole nitrogens is 1. The summed E-state index contributed by atoms with van der Waals surface area (Å²) in [6, 6.07) is 9.18. The van der Waals surface area contributed by atoms with Gasteiger partial charge in [0.1, 0.15) is 5.75 Å². The number of nitrogens with one attached hydrogen (secondary N) is 3. The van der Waals surface area contributed by atoms with Crippen LogP contribution < -0.4 is 15.4 Å². The zero-order valence-electron chi connectivity index (χ0n) is 17.7. The van der Waals surface area contributed by atoms with E-state index in [2.05, 4.69) is 25.9 Å². The zero-order valence-corrected chi connectivity index (χ0v) is 18.4. The van der Waals surface area contributed by atoms with Crippen LogP contribution in [0.4, 0.5) is 11.5 Å². The molecule has 2 heterocycles. The Morgan fingerprint density at radius 1 is 1.26 bits per heavy atom. The minimum Gasteiger partial charge on any atom is -0.496 e. The number of hydrogen-bond donors (Lipinski definition) is 3. The maximum Gasteiger partial charge on any atom is 0.255 e. The summed E-state index contributed by atoms with van der Waals surface area (Å²) < 4.78 is 7.18. The van der Waals surface area contributed by atoms with Gasteiger partial charge >= 0.3 is 0 Å². The van der Waals surface area contributed by atoms with E-state index in [1.807, 2.05) is 45.2 Å². The number of aromatic amines is 1. The summed E-state index contributed by atoms with van der Waals surface area (Å²) >= 11 is 6.52.